The normalized spacial score (nSPS) is 9.86. The Morgan fingerprint density at radius 1 is 1.52 bits per heavy atom. The molecule has 0 saturated carbocycles. The molecule has 0 unspecified atom stereocenters. The zero-order valence-corrected chi connectivity index (χ0v) is 13.0. The monoisotopic (exact) mass is 319 g/mol. The number of carbonyl (C=O) groups excluding carboxylic acids is 1. The Morgan fingerprint density at radius 2 is 2.33 bits per heavy atom. The molecule has 0 fully saturated rings. The molecule has 21 heavy (non-hydrogen) atoms. The van der Waals surface area contributed by atoms with Gasteiger partial charge in [0.25, 0.3) is 5.91 Å². The van der Waals surface area contributed by atoms with Gasteiger partial charge in [0.2, 0.25) is 0 Å². The van der Waals surface area contributed by atoms with Crippen LogP contribution in [0.3, 0.4) is 0 Å². The van der Waals surface area contributed by atoms with Crippen LogP contribution in [0.4, 0.5) is 0 Å². The Hall–Kier alpha value is -1.87. The maximum absolute atomic E-state index is 12.3. The van der Waals surface area contributed by atoms with E-state index in [2.05, 4.69) is 16.8 Å². The van der Waals surface area contributed by atoms with Crippen molar-refractivity contribution in [1.29, 1.82) is 0 Å². The molecule has 2 N–H and O–H groups in total. The number of carbonyl (C=O) groups is 1. The van der Waals surface area contributed by atoms with Crippen LogP contribution in [0.2, 0.25) is 5.02 Å². The maximum atomic E-state index is 12.3. The van der Waals surface area contributed by atoms with Crippen LogP contribution in [0.15, 0.2) is 29.1 Å². The van der Waals surface area contributed by atoms with Gasteiger partial charge in [-0.1, -0.05) is 23.4 Å². The maximum Gasteiger partial charge on any atom is 0.254 e. The first-order valence-corrected chi connectivity index (χ1v) is 7.55. The van der Waals surface area contributed by atoms with Gasteiger partial charge in [-0.15, -0.1) is 11.3 Å². The highest BCUT2D eigenvalue weighted by molar-refractivity contribution is 7.07. The van der Waals surface area contributed by atoms with Gasteiger partial charge in [0.05, 0.1) is 29.3 Å². The van der Waals surface area contributed by atoms with Gasteiger partial charge < -0.3 is 10.6 Å². The average Bonchev–Trinajstić information content (AvgIpc) is 2.98. The summed E-state index contributed by atoms with van der Waals surface area (Å²) in [6, 6.07) is 5.07. The second-order valence-corrected chi connectivity index (χ2v) is 5.47. The number of nitrogens with zero attached hydrogens (tertiary/aromatic N) is 2. The zero-order valence-electron chi connectivity index (χ0n) is 11.5. The lowest BCUT2D eigenvalue weighted by molar-refractivity contribution is 0.0783. The number of hydrogen-bond donors (Lipinski definition) is 1. The molecule has 0 spiro atoms. The van der Waals surface area contributed by atoms with E-state index in [1.807, 2.05) is 5.38 Å². The van der Waals surface area contributed by atoms with Crippen molar-refractivity contribution in [3.63, 3.8) is 0 Å². The highest BCUT2D eigenvalue weighted by Crippen LogP contribution is 2.18. The average molecular weight is 320 g/mol. The van der Waals surface area contributed by atoms with Crippen LogP contribution in [-0.2, 0) is 6.54 Å². The molecule has 0 aliphatic rings. The van der Waals surface area contributed by atoms with Gasteiger partial charge in [-0.2, -0.15) is 0 Å². The molecule has 1 heterocycles. The second-order valence-electron chi connectivity index (χ2n) is 4.34. The molecular weight excluding hydrogens is 306 g/mol. The van der Waals surface area contributed by atoms with Crippen LogP contribution >= 0.6 is 22.9 Å². The predicted molar refractivity (Wildman–Crippen MR) is 85.3 cm³/mol. The van der Waals surface area contributed by atoms with E-state index in [0.29, 0.717) is 22.7 Å². The van der Waals surface area contributed by atoms with Gasteiger partial charge in [0.15, 0.2) is 0 Å². The van der Waals surface area contributed by atoms with Gasteiger partial charge in [-0.05, 0) is 18.2 Å². The molecule has 2 rings (SSSR count). The molecule has 0 radical (unpaired) electrons. The highest BCUT2D eigenvalue weighted by atomic mass is 35.5. The quantitative estimate of drug-likeness (QED) is 0.884. The first-order valence-electron chi connectivity index (χ1n) is 6.23. The van der Waals surface area contributed by atoms with Crippen molar-refractivity contribution in [2.75, 3.05) is 13.6 Å². The van der Waals surface area contributed by atoms with E-state index in [4.69, 9.17) is 17.3 Å². The van der Waals surface area contributed by atoms with Gasteiger partial charge in [0, 0.05) is 23.6 Å². The summed E-state index contributed by atoms with van der Waals surface area (Å²) < 4.78 is 0. The molecule has 0 saturated heterocycles. The smallest absolute Gasteiger partial charge is 0.254 e. The number of amides is 1. The molecule has 0 atom stereocenters. The van der Waals surface area contributed by atoms with Crippen LogP contribution in [0.25, 0.3) is 0 Å². The van der Waals surface area contributed by atoms with Gasteiger partial charge in [-0.25, -0.2) is 4.98 Å². The molecule has 108 valence electrons. The van der Waals surface area contributed by atoms with Crippen molar-refractivity contribution < 1.29 is 4.79 Å². The molecule has 1 aromatic heterocycles. The molecule has 1 amide bonds. The molecule has 6 heteroatoms. The van der Waals surface area contributed by atoms with Crippen LogP contribution in [-0.4, -0.2) is 29.4 Å². The number of halogens is 1. The van der Waals surface area contributed by atoms with Gasteiger partial charge >= 0.3 is 0 Å². The van der Waals surface area contributed by atoms with E-state index in [1.54, 1.807) is 35.7 Å². The van der Waals surface area contributed by atoms with Crippen molar-refractivity contribution in [1.82, 2.24) is 9.88 Å². The fraction of sp³-hybridized carbons (Fsp3) is 0.200. The standard InChI is InChI=1S/C15H14ClN3OS/c1-19(8-13-9-21-10-18-13)15(20)12-5-4-11(3-2-6-17)14(16)7-12/h4-5,7,9-10H,6,8,17H2,1H3. The predicted octanol–water partition coefficient (Wildman–Crippen LogP) is 2.38. The van der Waals surface area contributed by atoms with Gasteiger partial charge in [-0.3, -0.25) is 4.79 Å². The second kappa shape index (κ2) is 7.23. The van der Waals surface area contributed by atoms with Gasteiger partial charge in [0.1, 0.15) is 0 Å². The van der Waals surface area contributed by atoms with E-state index in [1.165, 1.54) is 11.3 Å². The molecule has 0 bridgehead atoms. The SMILES string of the molecule is CN(Cc1cscn1)C(=O)c1ccc(C#CCN)c(Cl)c1. The summed E-state index contributed by atoms with van der Waals surface area (Å²) in [7, 11) is 1.73. The number of hydrogen-bond acceptors (Lipinski definition) is 4. The highest BCUT2D eigenvalue weighted by Gasteiger charge is 2.14. The Labute approximate surface area is 132 Å². The number of thiazole rings is 1. The third kappa shape index (κ3) is 4.05. The largest absolute Gasteiger partial charge is 0.336 e. The van der Waals surface area contributed by atoms with E-state index in [-0.39, 0.29) is 12.5 Å². The summed E-state index contributed by atoms with van der Waals surface area (Å²) in [6.07, 6.45) is 0. The fourth-order valence-corrected chi connectivity index (χ4v) is 2.52. The summed E-state index contributed by atoms with van der Waals surface area (Å²) in [5.41, 5.74) is 9.13. The summed E-state index contributed by atoms with van der Waals surface area (Å²) in [4.78, 5) is 18.1. The number of nitrogens with two attached hydrogens (primary N) is 1. The van der Waals surface area contributed by atoms with Crippen LogP contribution in [0, 0.1) is 11.8 Å². The third-order valence-corrected chi connectivity index (χ3v) is 3.72. The van der Waals surface area contributed by atoms with E-state index < -0.39 is 0 Å². The van der Waals surface area contributed by atoms with Crippen LogP contribution in [0.1, 0.15) is 21.6 Å². The topological polar surface area (TPSA) is 59.2 Å². The fourth-order valence-electron chi connectivity index (χ4n) is 1.75. The van der Waals surface area contributed by atoms with Crippen LogP contribution < -0.4 is 5.73 Å². The Morgan fingerprint density at radius 3 is 2.95 bits per heavy atom. The zero-order chi connectivity index (χ0) is 15.2. The number of benzene rings is 1. The number of rotatable bonds is 3. The van der Waals surface area contributed by atoms with E-state index in [0.717, 1.165) is 5.69 Å². The minimum absolute atomic E-state index is 0.108. The van der Waals surface area contributed by atoms with Crippen molar-refractivity contribution in [3.05, 3.63) is 50.9 Å². The molecule has 4 nitrogen and oxygen atoms in total. The molecule has 1 aromatic carbocycles. The Kier molecular flexibility index (Phi) is 5.34. The van der Waals surface area contributed by atoms with Crippen molar-refractivity contribution in [3.8, 4) is 11.8 Å². The molecular formula is C15H14ClN3OS. The summed E-state index contributed by atoms with van der Waals surface area (Å²) >= 11 is 7.64. The number of aromatic nitrogens is 1. The first-order chi connectivity index (χ1) is 10.1. The van der Waals surface area contributed by atoms with Crippen molar-refractivity contribution in [2.24, 2.45) is 5.73 Å². The third-order valence-electron chi connectivity index (χ3n) is 2.77. The van der Waals surface area contributed by atoms with Crippen molar-refractivity contribution in [2.45, 2.75) is 6.54 Å². The molecule has 2 aromatic rings. The van der Waals surface area contributed by atoms with E-state index >= 15 is 0 Å². The summed E-state index contributed by atoms with van der Waals surface area (Å²) in [5.74, 6) is 5.49. The Bertz CT molecular complexity index is 689. The Balaban J connectivity index is 2.14. The first kappa shape index (κ1) is 15.5. The summed E-state index contributed by atoms with van der Waals surface area (Å²) in [5, 5.41) is 2.37. The minimum Gasteiger partial charge on any atom is -0.336 e. The molecule has 0 aliphatic heterocycles. The van der Waals surface area contributed by atoms with Crippen molar-refractivity contribution >= 4 is 28.8 Å². The lowest BCUT2D eigenvalue weighted by atomic mass is 10.1. The van der Waals surface area contributed by atoms with Crippen LogP contribution in [0.5, 0.6) is 0 Å². The van der Waals surface area contributed by atoms with E-state index in [9.17, 15) is 4.79 Å². The minimum atomic E-state index is -0.108. The summed E-state index contributed by atoms with van der Waals surface area (Å²) in [6.45, 7) is 0.738. The lowest BCUT2D eigenvalue weighted by Crippen LogP contribution is -2.26. The lowest BCUT2D eigenvalue weighted by Gasteiger charge is -2.16. The molecule has 0 aliphatic carbocycles.